The Balaban J connectivity index is 2.51. The summed E-state index contributed by atoms with van der Waals surface area (Å²) < 4.78 is 34.1. The van der Waals surface area contributed by atoms with Crippen LogP contribution in [0.1, 0.15) is 35.5 Å². The van der Waals surface area contributed by atoms with Crippen LogP contribution in [0.5, 0.6) is 0 Å². The molecule has 0 fully saturated rings. The van der Waals surface area contributed by atoms with Crippen molar-refractivity contribution in [3.05, 3.63) is 70.3 Å². The SMILES string of the molecule is C=C(C)c1cn(C)c(=O)c2c1cc(C(=O)OCC)n2S(=O)(=O)c1ccc(C)cc1. The number of esters is 1. The number of ether oxygens (including phenoxy) is 1. The highest BCUT2D eigenvalue weighted by Gasteiger charge is 2.30. The molecule has 0 radical (unpaired) electrons. The van der Waals surface area contributed by atoms with Gasteiger partial charge in [-0.15, -0.1) is 0 Å². The molecule has 8 heteroatoms. The van der Waals surface area contributed by atoms with Crippen molar-refractivity contribution in [2.24, 2.45) is 7.05 Å². The van der Waals surface area contributed by atoms with E-state index in [0.29, 0.717) is 16.5 Å². The molecule has 0 atom stereocenters. The van der Waals surface area contributed by atoms with Gasteiger partial charge < -0.3 is 9.30 Å². The smallest absolute Gasteiger partial charge is 0.356 e. The molecule has 2 heterocycles. The number of fused-ring (bicyclic) bond motifs is 1. The van der Waals surface area contributed by atoms with Crippen LogP contribution in [-0.4, -0.2) is 29.5 Å². The van der Waals surface area contributed by atoms with E-state index in [9.17, 15) is 18.0 Å². The summed E-state index contributed by atoms with van der Waals surface area (Å²) in [6.07, 6.45) is 1.57. The molecule has 152 valence electrons. The van der Waals surface area contributed by atoms with Gasteiger partial charge in [0.05, 0.1) is 11.5 Å². The lowest BCUT2D eigenvalue weighted by Gasteiger charge is -2.12. The molecular formula is C21H22N2O5S. The molecule has 3 aromatic rings. The minimum absolute atomic E-state index is 0.0334. The average molecular weight is 414 g/mol. The summed E-state index contributed by atoms with van der Waals surface area (Å²) in [4.78, 5) is 25.5. The molecule has 0 saturated carbocycles. The van der Waals surface area contributed by atoms with E-state index in [1.54, 1.807) is 32.2 Å². The third kappa shape index (κ3) is 3.40. The van der Waals surface area contributed by atoms with Crippen molar-refractivity contribution in [3.8, 4) is 0 Å². The predicted octanol–water partition coefficient (Wildman–Crippen LogP) is 3.10. The standard InChI is InChI=1S/C21H22N2O5S/c1-6-28-21(25)18-11-16-17(13(2)3)12-22(5)20(24)19(16)23(18)29(26,27)15-9-7-14(4)8-10-15/h7-12H,2,6H2,1,3-5H3. The summed E-state index contributed by atoms with van der Waals surface area (Å²) in [5.41, 5.74) is 1.20. The molecule has 0 bridgehead atoms. The highest BCUT2D eigenvalue weighted by atomic mass is 32.2. The van der Waals surface area contributed by atoms with Gasteiger partial charge in [0.25, 0.3) is 15.6 Å². The van der Waals surface area contributed by atoms with Crippen LogP contribution in [0.25, 0.3) is 16.5 Å². The zero-order valence-corrected chi connectivity index (χ0v) is 17.5. The fourth-order valence-corrected chi connectivity index (χ4v) is 4.64. The fourth-order valence-electron chi connectivity index (χ4n) is 3.14. The molecule has 0 aliphatic rings. The lowest BCUT2D eigenvalue weighted by Crippen LogP contribution is -2.25. The number of hydrogen-bond donors (Lipinski definition) is 0. The van der Waals surface area contributed by atoms with E-state index >= 15 is 0 Å². The van der Waals surface area contributed by atoms with Gasteiger partial charge in [-0.25, -0.2) is 17.2 Å². The number of nitrogens with zero attached hydrogens (tertiary/aromatic N) is 2. The van der Waals surface area contributed by atoms with Gasteiger partial charge >= 0.3 is 5.97 Å². The average Bonchev–Trinajstić information content (AvgIpc) is 3.06. The van der Waals surface area contributed by atoms with Gasteiger partial charge in [-0.1, -0.05) is 24.3 Å². The molecule has 0 saturated heterocycles. The Bertz CT molecular complexity index is 1300. The molecule has 3 rings (SSSR count). The highest BCUT2D eigenvalue weighted by Crippen LogP contribution is 2.29. The van der Waals surface area contributed by atoms with Crippen molar-refractivity contribution in [2.75, 3.05) is 6.61 Å². The van der Waals surface area contributed by atoms with Crippen molar-refractivity contribution >= 4 is 32.5 Å². The first-order chi connectivity index (χ1) is 13.6. The minimum atomic E-state index is -4.24. The summed E-state index contributed by atoms with van der Waals surface area (Å²) in [7, 11) is -2.72. The Labute approximate surface area is 168 Å². The summed E-state index contributed by atoms with van der Waals surface area (Å²) in [6.45, 7) is 9.17. The molecule has 0 aliphatic carbocycles. The summed E-state index contributed by atoms with van der Waals surface area (Å²) >= 11 is 0. The van der Waals surface area contributed by atoms with Crippen molar-refractivity contribution in [1.82, 2.24) is 8.54 Å². The number of carbonyl (C=O) groups excluding carboxylic acids is 1. The summed E-state index contributed by atoms with van der Waals surface area (Å²) in [6, 6.07) is 7.57. The molecule has 1 aromatic carbocycles. The third-order valence-electron chi connectivity index (χ3n) is 4.60. The Hall–Kier alpha value is -3.13. The predicted molar refractivity (Wildman–Crippen MR) is 112 cm³/mol. The topological polar surface area (TPSA) is 87.4 Å². The van der Waals surface area contributed by atoms with Crippen LogP contribution < -0.4 is 5.56 Å². The van der Waals surface area contributed by atoms with Crippen molar-refractivity contribution in [1.29, 1.82) is 0 Å². The first kappa shape index (κ1) is 20.6. The van der Waals surface area contributed by atoms with E-state index in [1.165, 1.54) is 29.8 Å². The van der Waals surface area contributed by atoms with Crippen molar-refractivity contribution in [3.63, 3.8) is 0 Å². The maximum atomic E-state index is 13.5. The molecule has 0 N–H and O–H groups in total. The molecule has 29 heavy (non-hydrogen) atoms. The van der Waals surface area contributed by atoms with E-state index < -0.39 is 21.6 Å². The molecule has 0 unspecified atom stereocenters. The molecule has 7 nitrogen and oxygen atoms in total. The van der Waals surface area contributed by atoms with Gasteiger partial charge in [0.2, 0.25) is 0 Å². The van der Waals surface area contributed by atoms with Gasteiger partial charge in [-0.3, -0.25) is 4.79 Å². The third-order valence-corrected chi connectivity index (χ3v) is 6.33. The molecular weight excluding hydrogens is 392 g/mol. The van der Waals surface area contributed by atoms with Crippen molar-refractivity contribution in [2.45, 2.75) is 25.7 Å². The first-order valence-corrected chi connectivity index (χ1v) is 10.4. The summed E-state index contributed by atoms with van der Waals surface area (Å²) in [5, 5.41) is 0.333. The largest absolute Gasteiger partial charge is 0.461 e. The normalized spacial score (nSPS) is 11.6. The summed E-state index contributed by atoms with van der Waals surface area (Å²) in [5.74, 6) is -0.825. The number of aromatic nitrogens is 2. The molecule has 0 spiro atoms. The van der Waals surface area contributed by atoms with Crippen LogP contribution in [0.4, 0.5) is 0 Å². The molecule has 0 amide bonds. The highest BCUT2D eigenvalue weighted by molar-refractivity contribution is 7.90. The van der Waals surface area contributed by atoms with Gasteiger partial charge in [-0.2, -0.15) is 0 Å². The van der Waals surface area contributed by atoms with Gasteiger partial charge in [0.15, 0.2) is 0 Å². The zero-order chi connectivity index (χ0) is 21.5. The quantitative estimate of drug-likeness (QED) is 0.599. The van der Waals surface area contributed by atoms with Gasteiger partial charge in [0, 0.05) is 24.2 Å². The number of benzene rings is 1. The van der Waals surface area contributed by atoms with Crippen LogP contribution in [-0.2, 0) is 21.8 Å². The van der Waals surface area contributed by atoms with E-state index in [2.05, 4.69) is 6.58 Å². The van der Waals surface area contributed by atoms with Crippen LogP contribution >= 0.6 is 0 Å². The van der Waals surface area contributed by atoms with Gasteiger partial charge in [0.1, 0.15) is 11.2 Å². The number of rotatable bonds is 5. The number of hydrogen-bond acceptors (Lipinski definition) is 5. The Morgan fingerprint density at radius 2 is 1.83 bits per heavy atom. The lowest BCUT2D eigenvalue weighted by atomic mass is 10.1. The Morgan fingerprint density at radius 3 is 2.38 bits per heavy atom. The van der Waals surface area contributed by atoms with E-state index in [0.717, 1.165) is 9.54 Å². The Kier molecular flexibility index (Phi) is 5.23. The maximum absolute atomic E-state index is 13.5. The zero-order valence-electron chi connectivity index (χ0n) is 16.7. The second kappa shape index (κ2) is 7.36. The monoisotopic (exact) mass is 414 g/mol. The molecule has 2 aromatic heterocycles. The second-order valence-electron chi connectivity index (χ2n) is 6.83. The van der Waals surface area contributed by atoms with Crippen LogP contribution in [0.2, 0.25) is 0 Å². The van der Waals surface area contributed by atoms with Gasteiger partial charge in [-0.05, 0) is 44.5 Å². The van der Waals surface area contributed by atoms with Crippen molar-refractivity contribution < 1.29 is 17.9 Å². The Morgan fingerprint density at radius 1 is 1.21 bits per heavy atom. The molecule has 0 aliphatic heterocycles. The van der Waals surface area contributed by atoms with Crippen LogP contribution in [0.15, 0.2) is 52.8 Å². The first-order valence-electron chi connectivity index (χ1n) is 9.00. The fraction of sp³-hybridized carbons (Fsp3) is 0.238. The number of allylic oxidation sites excluding steroid dienone is 1. The van der Waals surface area contributed by atoms with Crippen LogP contribution in [0.3, 0.4) is 0 Å². The maximum Gasteiger partial charge on any atom is 0.356 e. The lowest BCUT2D eigenvalue weighted by molar-refractivity contribution is 0.0518. The van der Waals surface area contributed by atoms with E-state index in [4.69, 9.17) is 4.74 Å². The number of aryl methyl sites for hydroxylation is 2. The number of carbonyl (C=O) groups is 1. The second-order valence-corrected chi connectivity index (χ2v) is 8.62. The number of pyridine rings is 1. The minimum Gasteiger partial charge on any atom is -0.461 e. The van der Waals surface area contributed by atoms with Crippen LogP contribution in [0, 0.1) is 6.92 Å². The van der Waals surface area contributed by atoms with E-state index in [-0.39, 0.29) is 22.7 Å². The van der Waals surface area contributed by atoms with E-state index in [1.807, 2.05) is 6.92 Å².